The van der Waals surface area contributed by atoms with Crippen molar-refractivity contribution in [1.29, 1.82) is 0 Å². The molecule has 0 aromatic carbocycles. The molecule has 0 rings (SSSR count). The Bertz CT molecular complexity index is 154. The first-order valence-corrected chi connectivity index (χ1v) is 4.78. The molecule has 0 unspecified atom stereocenters. The summed E-state index contributed by atoms with van der Waals surface area (Å²) >= 11 is 0. The van der Waals surface area contributed by atoms with E-state index in [0.717, 1.165) is 0 Å². The van der Waals surface area contributed by atoms with Crippen LogP contribution in [-0.4, -0.2) is 45.8 Å². The molecule has 0 saturated carbocycles. The van der Waals surface area contributed by atoms with Crippen LogP contribution in [0.2, 0.25) is 0 Å². The van der Waals surface area contributed by atoms with E-state index in [0.29, 0.717) is 0 Å². The second-order valence-electron chi connectivity index (χ2n) is 1.05. The predicted octanol–water partition coefficient (Wildman–Crippen LogP) is -3.27. The smallest absolute Gasteiger partial charge is 0.368 e. The van der Waals surface area contributed by atoms with Gasteiger partial charge in [0.25, 0.3) is 0 Å². The molecule has 0 heterocycles. The molecule has 0 aliphatic heterocycles. The normalized spacial score (nSPS) is 9.83. The van der Waals surface area contributed by atoms with Crippen molar-refractivity contribution in [2.24, 2.45) is 0 Å². The van der Waals surface area contributed by atoms with Crippen LogP contribution >= 0.6 is 0 Å². The summed E-state index contributed by atoms with van der Waals surface area (Å²) in [4.78, 5) is 29.3. The average molecular weight is 298 g/mol. The first-order valence-electron chi connectivity index (χ1n) is 1.59. The van der Waals surface area contributed by atoms with Crippen LogP contribution in [0.4, 0.5) is 0 Å². The Balaban J connectivity index is -0.0000000457. The van der Waals surface area contributed by atoms with Gasteiger partial charge in [0.05, 0.1) is 0 Å². The van der Waals surface area contributed by atoms with Crippen LogP contribution in [0.3, 0.4) is 0 Å². The van der Waals surface area contributed by atoms with Gasteiger partial charge in [-0.1, -0.05) is 0 Å². The Morgan fingerprint density at radius 2 is 0.917 bits per heavy atom. The molecule has 12 heteroatoms. The Hall–Kier alpha value is 1.16. The van der Waals surface area contributed by atoms with Gasteiger partial charge in [-0.15, -0.1) is 0 Å². The molecule has 0 aliphatic carbocycles. The van der Waals surface area contributed by atoms with Crippen molar-refractivity contribution >= 4 is 19.4 Å². The monoisotopic (exact) mass is 298 g/mol. The fourth-order valence-corrected chi connectivity index (χ4v) is 0. The first kappa shape index (κ1) is 23.2. The zero-order valence-corrected chi connectivity index (χ0v) is 9.74. The summed E-state index contributed by atoms with van der Waals surface area (Å²) in [5.74, 6) is 0. The minimum Gasteiger partial charge on any atom is -0.368 e. The van der Waals surface area contributed by atoms with Crippen molar-refractivity contribution in [3.63, 3.8) is 0 Å². The number of hydrogen-bond donors (Lipinski definition) is 6. The maximum atomic E-state index is 8.74. The molecule has 0 saturated heterocycles. The van der Waals surface area contributed by atoms with Crippen molar-refractivity contribution in [3.8, 4) is 0 Å². The third-order valence-electron chi connectivity index (χ3n) is 0. The molecule has 0 fully saturated rings. The molecule has 6 N–H and O–H groups in total. The summed E-state index contributed by atoms with van der Waals surface area (Å²) in [6, 6.07) is 0. The van der Waals surface area contributed by atoms with Crippen molar-refractivity contribution in [3.05, 3.63) is 0 Å². The minimum atomic E-state index is -4.67. The molecule has 12 heavy (non-hydrogen) atoms. The maximum absolute atomic E-state index is 8.74. The largest absolute Gasteiger partial charge is 0.668 e. The molecular weight excluding hydrogens is 292 g/mol. The first-order chi connectivity index (χ1) is 4.00. The van der Waals surface area contributed by atoms with Gasteiger partial charge in [0.2, 0.25) is 0 Å². The summed E-state index contributed by atoms with van der Waals surface area (Å²) in [7, 11) is -9.28. The van der Waals surface area contributed by atoms with Crippen LogP contribution in [0.5, 0.6) is 0 Å². The third kappa shape index (κ3) is 855. The Morgan fingerprint density at radius 3 is 0.917 bits per heavy atom. The summed E-state index contributed by atoms with van der Waals surface area (Å²) in [5.41, 5.74) is 0. The van der Waals surface area contributed by atoms with Crippen LogP contribution in [0.25, 0.3) is 0 Å². The van der Waals surface area contributed by atoms with E-state index >= 15 is 0 Å². The van der Waals surface area contributed by atoms with E-state index in [2.05, 4.69) is 0 Å². The second kappa shape index (κ2) is 8.75. The minimum absolute atomic E-state index is 0. The number of rotatable bonds is 0. The molecule has 0 spiro atoms. The molecular formula is H6FeO8SSiTi. The Kier molecular flexibility index (Phi) is 16.9. The molecule has 0 amide bonds. The summed E-state index contributed by atoms with van der Waals surface area (Å²) in [5, 5.41) is 0. The fourth-order valence-electron chi connectivity index (χ4n) is 0. The van der Waals surface area contributed by atoms with Gasteiger partial charge in [-0.25, -0.2) is 0 Å². The predicted molar refractivity (Wildman–Crippen MR) is 28.8 cm³/mol. The van der Waals surface area contributed by atoms with E-state index in [4.69, 9.17) is 36.7 Å². The average Bonchev–Trinajstić information content (AvgIpc) is 1.12. The van der Waals surface area contributed by atoms with E-state index in [-0.39, 0.29) is 38.8 Å². The van der Waals surface area contributed by atoms with E-state index in [1.165, 1.54) is 0 Å². The van der Waals surface area contributed by atoms with Crippen LogP contribution in [0.1, 0.15) is 0 Å². The molecule has 0 radical (unpaired) electrons. The third-order valence-corrected chi connectivity index (χ3v) is 0. The Morgan fingerprint density at radius 1 is 0.917 bits per heavy atom. The zero-order chi connectivity index (χ0) is 9.00. The quantitative estimate of drug-likeness (QED) is 0.201. The van der Waals surface area contributed by atoms with Gasteiger partial charge in [-0.2, -0.15) is 8.42 Å². The van der Waals surface area contributed by atoms with E-state index in [9.17, 15) is 0 Å². The summed E-state index contributed by atoms with van der Waals surface area (Å²) < 4.78 is 31.6. The van der Waals surface area contributed by atoms with Gasteiger partial charge in [-0.3, -0.25) is 9.11 Å². The van der Waals surface area contributed by atoms with Gasteiger partial charge in [0.1, 0.15) is 0 Å². The zero-order valence-electron chi connectivity index (χ0n) is 5.26. The van der Waals surface area contributed by atoms with Gasteiger partial charge in [0.15, 0.2) is 0 Å². The van der Waals surface area contributed by atoms with Crippen molar-refractivity contribution in [2.75, 3.05) is 0 Å². The van der Waals surface area contributed by atoms with Crippen LogP contribution in [-0.2, 0) is 49.2 Å². The van der Waals surface area contributed by atoms with Crippen LogP contribution in [0, 0.1) is 0 Å². The van der Waals surface area contributed by atoms with E-state index < -0.39 is 19.4 Å². The van der Waals surface area contributed by atoms with Gasteiger partial charge < -0.3 is 19.2 Å². The number of hydrogen-bond acceptors (Lipinski definition) is 6. The van der Waals surface area contributed by atoms with E-state index in [1.807, 2.05) is 0 Å². The van der Waals surface area contributed by atoms with Gasteiger partial charge >= 0.3 is 19.4 Å². The van der Waals surface area contributed by atoms with Crippen LogP contribution < -0.4 is 0 Å². The molecule has 0 aromatic rings. The Labute approximate surface area is 94.7 Å². The molecule has 0 atom stereocenters. The van der Waals surface area contributed by atoms with E-state index in [1.54, 1.807) is 0 Å². The summed E-state index contributed by atoms with van der Waals surface area (Å²) in [6.45, 7) is 0. The molecule has 76 valence electrons. The van der Waals surface area contributed by atoms with Crippen molar-refractivity contribution in [2.45, 2.75) is 0 Å². The van der Waals surface area contributed by atoms with Gasteiger partial charge in [-0.05, 0) is 0 Å². The fraction of sp³-hybridized carbons (Fsp3) is 0. The summed E-state index contributed by atoms with van der Waals surface area (Å²) in [6.07, 6.45) is 0. The topological polar surface area (TPSA) is 156 Å². The van der Waals surface area contributed by atoms with Crippen LogP contribution in [0.15, 0.2) is 0 Å². The molecule has 0 bridgehead atoms. The van der Waals surface area contributed by atoms with Crippen molar-refractivity contribution in [1.82, 2.24) is 0 Å². The van der Waals surface area contributed by atoms with Gasteiger partial charge in [0, 0.05) is 38.8 Å². The SMILES string of the molecule is O=S(=O)(O)O.O[Si](O)(O)O.[Fe].[Ti]. The second-order valence-corrected chi connectivity index (χ2v) is 3.14. The molecule has 0 aliphatic rings. The molecule has 8 nitrogen and oxygen atoms in total. The maximum Gasteiger partial charge on any atom is 0.668 e. The van der Waals surface area contributed by atoms with Crippen molar-refractivity contribution < 1.29 is 75.5 Å². The standard InChI is InChI=1S/Fe.H2O4S.H4O4Si.Ti/c;2*1-5(2,3)4;/h;(H2,1,2,3,4);1-4H;. The molecule has 0 aromatic heterocycles.